The number of nitrogens with one attached hydrogen (secondary N) is 1. The van der Waals surface area contributed by atoms with Gasteiger partial charge in [-0.1, -0.05) is 6.07 Å². The maximum Gasteiger partial charge on any atom is 0.418 e. The Morgan fingerprint density at radius 2 is 2.00 bits per heavy atom. The zero-order valence-corrected chi connectivity index (χ0v) is 10.7. The topological polar surface area (TPSA) is 58.4 Å². The molecule has 1 aromatic carbocycles. The molecule has 1 rings (SSSR count). The van der Waals surface area contributed by atoms with E-state index in [2.05, 4.69) is 5.32 Å². The van der Waals surface area contributed by atoms with Crippen LogP contribution in [0.5, 0.6) is 0 Å². The average Bonchev–Trinajstić information content (AvgIpc) is 2.26. The largest absolute Gasteiger partial charge is 0.418 e. The van der Waals surface area contributed by atoms with Crippen LogP contribution >= 0.6 is 0 Å². The molecule has 106 valence electrons. The van der Waals surface area contributed by atoms with Crippen molar-refractivity contribution in [1.29, 1.82) is 0 Å². The monoisotopic (exact) mass is 275 g/mol. The van der Waals surface area contributed by atoms with Crippen molar-refractivity contribution in [3.05, 3.63) is 29.3 Å². The van der Waals surface area contributed by atoms with E-state index in [9.17, 15) is 18.0 Å². The first-order valence-corrected chi connectivity index (χ1v) is 5.62. The summed E-state index contributed by atoms with van der Waals surface area (Å²) in [7, 11) is 3.65. The Kier molecular flexibility index (Phi) is 4.77. The molecule has 0 saturated heterocycles. The van der Waals surface area contributed by atoms with Crippen LogP contribution in [0.25, 0.3) is 0 Å². The lowest BCUT2D eigenvalue weighted by Gasteiger charge is -2.14. The van der Waals surface area contributed by atoms with E-state index < -0.39 is 23.3 Å². The third-order valence-corrected chi connectivity index (χ3v) is 2.50. The van der Waals surface area contributed by atoms with Crippen LogP contribution in [0, 0.1) is 0 Å². The summed E-state index contributed by atoms with van der Waals surface area (Å²) in [6.45, 7) is 0.923. The van der Waals surface area contributed by atoms with Crippen LogP contribution in [-0.2, 0) is 6.18 Å². The second-order valence-electron chi connectivity index (χ2n) is 4.32. The second-order valence-corrected chi connectivity index (χ2v) is 4.32. The minimum Gasteiger partial charge on any atom is -0.398 e. The molecule has 0 saturated carbocycles. The Labute approximate surface area is 109 Å². The Bertz CT molecular complexity index is 458. The van der Waals surface area contributed by atoms with Crippen molar-refractivity contribution in [1.82, 2.24) is 10.2 Å². The first-order chi connectivity index (χ1) is 8.73. The number of likely N-dealkylation sites (N-methyl/N-ethyl adjacent to an activating group) is 1. The van der Waals surface area contributed by atoms with Crippen LogP contribution in [0.4, 0.5) is 18.9 Å². The van der Waals surface area contributed by atoms with E-state index in [0.29, 0.717) is 13.1 Å². The van der Waals surface area contributed by atoms with Gasteiger partial charge in [-0.3, -0.25) is 4.79 Å². The third-order valence-electron chi connectivity index (χ3n) is 2.50. The molecule has 1 amide bonds. The molecule has 0 heterocycles. The summed E-state index contributed by atoms with van der Waals surface area (Å²) in [5, 5.41) is 2.52. The van der Waals surface area contributed by atoms with Gasteiger partial charge in [0.05, 0.1) is 16.8 Å². The van der Waals surface area contributed by atoms with Gasteiger partial charge < -0.3 is 16.0 Å². The number of para-hydroxylation sites is 1. The number of halogens is 3. The Morgan fingerprint density at radius 1 is 1.37 bits per heavy atom. The second kappa shape index (κ2) is 5.92. The standard InChI is InChI=1S/C12H16F3N3O/c1-18(2)7-6-17-11(19)8-4-3-5-9(10(8)16)12(13,14)15/h3-5H,6-7,16H2,1-2H3,(H,17,19). The molecule has 4 nitrogen and oxygen atoms in total. The SMILES string of the molecule is CN(C)CCNC(=O)c1cccc(C(F)(F)F)c1N. The number of anilines is 1. The van der Waals surface area contributed by atoms with E-state index in [1.807, 2.05) is 19.0 Å². The summed E-state index contributed by atoms with van der Waals surface area (Å²) < 4.78 is 37.9. The predicted molar refractivity (Wildman–Crippen MR) is 66.7 cm³/mol. The highest BCUT2D eigenvalue weighted by atomic mass is 19.4. The van der Waals surface area contributed by atoms with Crippen molar-refractivity contribution < 1.29 is 18.0 Å². The number of nitrogens with zero attached hydrogens (tertiary/aromatic N) is 1. The van der Waals surface area contributed by atoms with Crippen LogP contribution in [0.15, 0.2) is 18.2 Å². The summed E-state index contributed by atoms with van der Waals surface area (Å²) in [4.78, 5) is 13.6. The molecule has 0 radical (unpaired) electrons. The van der Waals surface area contributed by atoms with Crippen LogP contribution in [0.1, 0.15) is 15.9 Å². The number of hydrogen-bond donors (Lipinski definition) is 2. The van der Waals surface area contributed by atoms with Crippen molar-refractivity contribution >= 4 is 11.6 Å². The first kappa shape index (κ1) is 15.3. The zero-order chi connectivity index (χ0) is 14.6. The van der Waals surface area contributed by atoms with E-state index in [1.165, 1.54) is 12.1 Å². The number of carbonyl (C=O) groups excluding carboxylic acids is 1. The van der Waals surface area contributed by atoms with Gasteiger partial charge in [0.2, 0.25) is 0 Å². The number of benzene rings is 1. The minimum absolute atomic E-state index is 0.159. The smallest absolute Gasteiger partial charge is 0.398 e. The summed E-state index contributed by atoms with van der Waals surface area (Å²) in [5.41, 5.74) is 3.72. The van der Waals surface area contributed by atoms with Gasteiger partial charge in [-0.2, -0.15) is 13.2 Å². The number of alkyl halides is 3. The van der Waals surface area contributed by atoms with Crippen LogP contribution < -0.4 is 11.1 Å². The molecular formula is C12H16F3N3O. The lowest BCUT2D eigenvalue weighted by Crippen LogP contribution is -2.32. The number of nitrogen functional groups attached to an aromatic ring is 1. The van der Waals surface area contributed by atoms with Crippen molar-refractivity contribution in [3.63, 3.8) is 0 Å². The molecule has 0 atom stereocenters. The summed E-state index contributed by atoms with van der Waals surface area (Å²) in [6, 6.07) is 3.29. The molecule has 0 bridgehead atoms. The van der Waals surface area contributed by atoms with Gasteiger partial charge in [-0.15, -0.1) is 0 Å². The Morgan fingerprint density at radius 3 is 2.53 bits per heavy atom. The number of rotatable bonds is 4. The maximum atomic E-state index is 12.6. The quantitative estimate of drug-likeness (QED) is 0.820. The molecule has 0 aromatic heterocycles. The molecule has 0 aliphatic rings. The highest BCUT2D eigenvalue weighted by Gasteiger charge is 2.34. The van der Waals surface area contributed by atoms with Crippen molar-refractivity contribution in [2.45, 2.75) is 6.18 Å². The predicted octanol–water partition coefficient (Wildman–Crippen LogP) is 1.58. The number of hydrogen-bond acceptors (Lipinski definition) is 3. The van der Waals surface area contributed by atoms with E-state index in [-0.39, 0.29) is 5.56 Å². The maximum absolute atomic E-state index is 12.6. The molecule has 0 aliphatic carbocycles. The first-order valence-electron chi connectivity index (χ1n) is 5.62. The highest BCUT2D eigenvalue weighted by Crippen LogP contribution is 2.34. The van der Waals surface area contributed by atoms with Gasteiger partial charge in [-0.05, 0) is 26.2 Å². The van der Waals surface area contributed by atoms with E-state index >= 15 is 0 Å². The normalized spacial score (nSPS) is 11.7. The van der Waals surface area contributed by atoms with Crippen molar-refractivity contribution in [2.75, 3.05) is 32.9 Å². The van der Waals surface area contributed by atoms with Gasteiger partial charge in [0, 0.05) is 13.1 Å². The van der Waals surface area contributed by atoms with Crippen molar-refractivity contribution in [3.8, 4) is 0 Å². The number of amides is 1. The highest BCUT2D eigenvalue weighted by molar-refractivity contribution is 5.99. The lowest BCUT2D eigenvalue weighted by atomic mass is 10.1. The van der Waals surface area contributed by atoms with Gasteiger partial charge in [0.15, 0.2) is 0 Å². The molecule has 7 heteroatoms. The third kappa shape index (κ3) is 4.13. The lowest BCUT2D eigenvalue weighted by molar-refractivity contribution is -0.136. The minimum atomic E-state index is -4.57. The molecule has 0 spiro atoms. The van der Waals surface area contributed by atoms with Gasteiger partial charge in [0.1, 0.15) is 0 Å². The van der Waals surface area contributed by atoms with Gasteiger partial charge in [0.25, 0.3) is 5.91 Å². The van der Waals surface area contributed by atoms with Gasteiger partial charge in [-0.25, -0.2) is 0 Å². The molecule has 0 fully saturated rings. The molecule has 3 N–H and O–H groups in total. The summed E-state index contributed by atoms with van der Waals surface area (Å²) in [5.74, 6) is -0.606. The number of carbonyl (C=O) groups is 1. The fourth-order valence-electron chi connectivity index (χ4n) is 1.50. The van der Waals surface area contributed by atoms with Gasteiger partial charge >= 0.3 is 6.18 Å². The summed E-state index contributed by atoms with van der Waals surface area (Å²) in [6.07, 6.45) is -4.57. The van der Waals surface area contributed by atoms with E-state index in [0.717, 1.165) is 6.07 Å². The molecule has 1 aromatic rings. The number of nitrogens with two attached hydrogens (primary N) is 1. The average molecular weight is 275 g/mol. The summed E-state index contributed by atoms with van der Waals surface area (Å²) >= 11 is 0. The van der Waals surface area contributed by atoms with Crippen LogP contribution in [0.2, 0.25) is 0 Å². The van der Waals surface area contributed by atoms with Crippen molar-refractivity contribution in [2.24, 2.45) is 0 Å². The Balaban J connectivity index is 2.87. The van der Waals surface area contributed by atoms with E-state index in [4.69, 9.17) is 5.73 Å². The molecule has 19 heavy (non-hydrogen) atoms. The van der Waals surface area contributed by atoms with E-state index in [1.54, 1.807) is 0 Å². The fraction of sp³-hybridized carbons (Fsp3) is 0.417. The fourth-order valence-corrected chi connectivity index (χ4v) is 1.50. The van der Waals surface area contributed by atoms with Crippen LogP contribution in [-0.4, -0.2) is 38.0 Å². The molecule has 0 aliphatic heterocycles. The zero-order valence-electron chi connectivity index (χ0n) is 10.7. The molecule has 0 unspecified atom stereocenters. The van der Waals surface area contributed by atoms with Crippen LogP contribution in [0.3, 0.4) is 0 Å². The molecular weight excluding hydrogens is 259 g/mol. The Hall–Kier alpha value is -1.76.